The van der Waals surface area contributed by atoms with Gasteiger partial charge < -0.3 is 0 Å². The molecule has 0 aromatic rings. The summed E-state index contributed by atoms with van der Waals surface area (Å²) >= 11 is 0. The van der Waals surface area contributed by atoms with Crippen molar-refractivity contribution in [1.29, 1.82) is 0 Å². The Morgan fingerprint density at radius 1 is 0.667 bits per heavy atom. The number of allylic oxidation sites excluding steroid dienone is 2. The van der Waals surface area contributed by atoms with Crippen LogP contribution < -0.4 is 0 Å². The molecule has 0 saturated heterocycles. The van der Waals surface area contributed by atoms with Crippen molar-refractivity contribution in [2.24, 2.45) is 0 Å². The molecule has 18 heavy (non-hydrogen) atoms. The fraction of sp³-hybridized carbons (Fsp3) is 0.714. The van der Waals surface area contributed by atoms with Gasteiger partial charge in [0.25, 0.3) is 0 Å². The topological polar surface area (TPSA) is 0 Å². The summed E-state index contributed by atoms with van der Waals surface area (Å²) in [4.78, 5) is 0. The Balaban J connectivity index is 5.69. The van der Waals surface area contributed by atoms with Gasteiger partial charge in [0.05, 0.1) is 0 Å². The second-order valence-electron chi connectivity index (χ2n) is 8.05. The minimum Gasteiger partial charge on any atom is -0.103 e. The third kappa shape index (κ3) is 3.08. The fourth-order valence-electron chi connectivity index (χ4n) is 2.92. The third-order valence-corrected chi connectivity index (χ3v) is 75.0. The van der Waals surface area contributed by atoms with E-state index in [1.54, 1.807) is 0 Å². The first kappa shape index (κ1) is 18.3. The van der Waals surface area contributed by atoms with Gasteiger partial charge in [0.2, 0.25) is 0 Å². The maximum absolute atomic E-state index is 4.04. The van der Waals surface area contributed by atoms with Crippen LogP contribution >= 0.6 is 0 Å². The van der Waals surface area contributed by atoms with E-state index in [1.165, 1.54) is 12.1 Å². The number of hydrogen-bond acceptors (Lipinski definition) is 0. The molecule has 0 unspecified atom stereocenters. The van der Waals surface area contributed by atoms with Crippen LogP contribution in [0.2, 0.25) is 64.5 Å². The van der Waals surface area contributed by atoms with E-state index < -0.39 is 29.4 Å². The molecule has 0 rings (SSSR count). The lowest BCUT2D eigenvalue weighted by atomic mass is 10.7. The van der Waals surface area contributed by atoms with Crippen LogP contribution in [-0.4, -0.2) is 29.4 Å². The predicted molar refractivity (Wildman–Crippen MR) is 99.9 cm³/mol. The first-order chi connectivity index (χ1) is 7.87. The number of hydrogen-bond donors (Lipinski definition) is 0. The van der Waals surface area contributed by atoms with Gasteiger partial charge in [0.1, 0.15) is 0 Å². The highest BCUT2D eigenvalue weighted by Crippen LogP contribution is 2.39. The molecule has 0 amide bonds. The summed E-state index contributed by atoms with van der Waals surface area (Å²) < 4.78 is 0. The summed E-state index contributed by atoms with van der Waals surface area (Å²) in [7, 11) is -4.51. The summed E-state index contributed by atoms with van der Waals surface area (Å²) in [5.74, 6) is 0. The van der Waals surface area contributed by atoms with Crippen molar-refractivity contribution in [1.82, 2.24) is 0 Å². The van der Waals surface area contributed by atoms with Crippen LogP contribution in [0.5, 0.6) is 0 Å². The van der Waals surface area contributed by atoms with Crippen LogP contribution in [0.3, 0.4) is 0 Å². The Hall–Kier alpha value is 0.348. The second-order valence-corrected chi connectivity index (χ2v) is 49.1. The summed E-state index contributed by atoms with van der Waals surface area (Å²) in [5.41, 5.74) is 0. The van der Waals surface area contributed by atoms with Crippen LogP contribution in [0.15, 0.2) is 25.3 Å². The van der Waals surface area contributed by atoms with Crippen LogP contribution in [0.4, 0.5) is 0 Å². The van der Waals surface area contributed by atoms with E-state index in [0.717, 1.165) is 0 Å². The Morgan fingerprint density at radius 2 is 1.00 bits per heavy atom. The van der Waals surface area contributed by atoms with E-state index in [2.05, 4.69) is 77.7 Å². The maximum Gasteiger partial charge on any atom is 0.0488 e. The maximum atomic E-state index is 4.04. The molecule has 4 heteroatoms. The Kier molecular flexibility index (Phi) is 5.88. The van der Waals surface area contributed by atoms with Crippen LogP contribution in [0, 0.1) is 0 Å². The van der Waals surface area contributed by atoms with E-state index in [1.807, 2.05) is 0 Å². The molecule has 0 nitrogen and oxygen atoms in total. The Morgan fingerprint density at radius 3 is 1.22 bits per heavy atom. The minimum atomic E-state index is -1.22. The first-order valence-electron chi connectivity index (χ1n) is 7.09. The second kappa shape index (κ2) is 5.77. The van der Waals surface area contributed by atoms with E-state index in [4.69, 9.17) is 0 Å². The lowest BCUT2D eigenvalue weighted by molar-refractivity contribution is 1.47. The molecule has 0 spiro atoms. The Bertz CT molecular complexity index is 300. The molecular weight excluding hydrogens is 280 g/mol. The zero-order valence-electron chi connectivity index (χ0n) is 14.0. The van der Waals surface area contributed by atoms with Crippen molar-refractivity contribution in [3.05, 3.63) is 25.3 Å². The van der Waals surface area contributed by atoms with Gasteiger partial charge in [0, 0.05) is 29.4 Å². The molecule has 0 heterocycles. The highest BCUT2D eigenvalue weighted by atomic mass is 29.8. The highest BCUT2D eigenvalue weighted by molar-refractivity contribution is 7.83. The van der Waals surface area contributed by atoms with Crippen molar-refractivity contribution in [3.63, 3.8) is 0 Å². The molecule has 0 radical (unpaired) electrons. The van der Waals surface area contributed by atoms with Crippen LogP contribution in [0.1, 0.15) is 0 Å². The SMILES string of the molecule is C=CC[Si](C)(CC=C)[Si](C)(C)[Si](C)(C)[Si](C)(C)C. The van der Waals surface area contributed by atoms with E-state index >= 15 is 0 Å². The largest absolute Gasteiger partial charge is 0.103 e. The zero-order chi connectivity index (χ0) is 14.8. The van der Waals surface area contributed by atoms with Gasteiger partial charge in [-0.25, -0.2) is 0 Å². The molecule has 0 bridgehead atoms. The molecule has 0 aliphatic carbocycles. The van der Waals surface area contributed by atoms with E-state index in [-0.39, 0.29) is 0 Å². The summed E-state index contributed by atoms with van der Waals surface area (Å²) in [6.07, 6.45) is 4.39. The third-order valence-electron chi connectivity index (χ3n) is 6.14. The average Bonchev–Trinajstić information content (AvgIpc) is 2.16. The normalized spacial score (nSPS) is 14.4. The first-order valence-corrected chi connectivity index (χ1v) is 22.5. The number of rotatable bonds is 7. The molecule has 0 saturated carbocycles. The van der Waals surface area contributed by atoms with Gasteiger partial charge in [0.15, 0.2) is 0 Å². The Labute approximate surface area is 119 Å². The van der Waals surface area contributed by atoms with Gasteiger partial charge >= 0.3 is 0 Å². The summed E-state index contributed by atoms with van der Waals surface area (Å²) in [6.45, 7) is 29.3. The molecule has 0 aliphatic heterocycles. The van der Waals surface area contributed by atoms with Crippen LogP contribution in [0.25, 0.3) is 0 Å². The van der Waals surface area contributed by atoms with Gasteiger partial charge in [-0.1, -0.05) is 64.5 Å². The van der Waals surface area contributed by atoms with E-state index in [0.29, 0.717) is 0 Å². The van der Waals surface area contributed by atoms with Gasteiger partial charge in [-0.3, -0.25) is 0 Å². The molecule has 0 fully saturated rings. The van der Waals surface area contributed by atoms with Crippen molar-refractivity contribution in [2.45, 2.75) is 64.5 Å². The lowest BCUT2D eigenvalue weighted by Gasteiger charge is -2.55. The monoisotopic (exact) mass is 314 g/mol. The standard InChI is InChI=1S/C14H34Si4/c1-11-13-18(10,14-12-2)17(8,9)16(6,7)15(3,4)5/h11-12H,1-2,13-14H2,3-10H3. The van der Waals surface area contributed by atoms with Crippen molar-refractivity contribution in [2.75, 3.05) is 0 Å². The minimum absolute atomic E-state index is 1.02. The lowest BCUT2D eigenvalue weighted by Crippen LogP contribution is -2.78. The van der Waals surface area contributed by atoms with Crippen molar-refractivity contribution >= 4 is 29.4 Å². The smallest absolute Gasteiger partial charge is 0.0488 e. The van der Waals surface area contributed by atoms with Gasteiger partial charge in [-0.05, 0) is 12.1 Å². The zero-order valence-corrected chi connectivity index (χ0v) is 18.0. The van der Waals surface area contributed by atoms with Crippen molar-refractivity contribution < 1.29 is 0 Å². The van der Waals surface area contributed by atoms with Crippen LogP contribution in [-0.2, 0) is 0 Å². The molecule has 0 N–H and O–H groups in total. The van der Waals surface area contributed by atoms with Gasteiger partial charge in [-0.2, -0.15) is 0 Å². The molecule has 106 valence electrons. The molecule has 0 atom stereocenters. The summed E-state index contributed by atoms with van der Waals surface area (Å²) in [5, 5.41) is 0. The fourth-order valence-corrected chi connectivity index (χ4v) is 73.4. The highest BCUT2D eigenvalue weighted by Gasteiger charge is 2.57. The molecule has 0 aromatic heterocycles. The quantitative estimate of drug-likeness (QED) is 0.434. The average molecular weight is 315 g/mol. The molecule has 0 aromatic carbocycles. The van der Waals surface area contributed by atoms with E-state index in [9.17, 15) is 0 Å². The van der Waals surface area contributed by atoms with Crippen molar-refractivity contribution in [3.8, 4) is 0 Å². The predicted octanol–water partition coefficient (Wildman–Crippen LogP) is 5.43. The summed E-state index contributed by atoms with van der Waals surface area (Å²) in [6, 6.07) is 2.58. The molecular formula is C14H34Si4. The molecule has 0 aliphatic rings. The van der Waals surface area contributed by atoms with Gasteiger partial charge in [-0.15, -0.1) is 13.2 Å².